The molecule has 4 aromatic rings. The van der Waals surface area contributed by atoms with Crippen molar-refractivity contribution >= 4 is 17.8 Å². The molecule has 4 rings (SSSR count). The first-order valence-electron chi connectivity index (χ1n) is 15.0. The summed E-state index contributed by atoms with van der Waals surface area (Å²) in [5, 5.41) is 2.88. The van der Waals surface area contributed by atoms with E-state index < -0.39 is 11.9 Å². The van der Waals surface area contributed by atoms with Crippen LogP contribution < -0.4 is 10.1 Å². The van der Waals surface area contributed by atoms with Crippen LogP contribution in [0.15, 0.2) is 97.1 Å². The van der Waals surface area contributed by atoms with Gasteiger partial charge in [0.15, 0.2) is 6.79 Å². The lowest BCUT2D eigenvalue weighted by molar-refractivity contribution is -0.0435. The minimum absolute atomic E-state index is 0.0306. The molecule has 0 heterocycles. The molecule has 1 amide bonds. The number of esters is 2. The van der Waals surface area contributed by atoms with E-state index in [1.807, 2.05) is 74.5 Å². The van der Waals surface area contributed by atoms with Crippen LogP contribution in [-0.2, 0) is 32.2 Å². The van der Waals surface area contributed by atoms with E-state index in [1.54, 1.807) is 37.4 Å². The summed E-state index contributed by atoms with van der Waals surface area (Å²) in [5.74, 6) is -0.982. The molecule has 0 radical (unpaired) electrons. The largest absolute Gasteiger partial charge is 0.489 e. The molecule has 0 saturated carbocycles. The Balaban J connectivity index is 1.70. The Morgan fingerprint density at radius 2 is 1.30 bits per heavy atom. The molecule has 240 valence electrons. The SMILES string of the molecule is COCCOCOC(=O)c1cc(OCc2ccccc2)ccc1-c1ccc(C(=O)NCC(C)C)cc1C(=O)OCc1ccccc1. The maximum Gasteiger partial charge on any atom is 0.341 e. The van der Waals surface area contributed by atoms with E-state index in [9.17, 15) is 14.4 Å². The monoisotopic (exact) mass is 625 g/mol. The lowest BCUT2D eigenvalue weighted by Crippen LogP contribution is -2.27. The molecule has 9 heteroatoms. The number of carbonyl (C=O) groups excluding carboxylic acids is 3. The van der Waals surface area contributed by atoms with Crippen molar-refractivity contribution in [2.75, 3.05) is 33.7 Å². The number of methoxy groups -OCH3 is 1. The van der Waals surface area contributed by atoms with Gasteiger partial charge in [-0.2, -0.15) is 0 Å². The Kier molecular flexibility index (Phi) is 12.9. The van der Waals surface area contributed by atoms with Gasteiger partial charge in [-0.3, -0.25) is 4.79 Å². The van der Waals surface area contributed by atoms with Crippen molar-refractivity contribution in [3.05, 3.63) is 125 Å². The second-order valence-electron chi connectivity index (χ2n) is 10.9. The first-order valence-corrected chi connectivity index (χ1v) is 15.0. The molecule has 0 spiro atoms. The van der Waals surface area contributed by atoms with Crippen LogP contribution in [0, 0.1) is 5.92 Å². The standard InChI is InChI=1S/C37H39NO8/c1-26(2)22-38-35(39)29-14-16-31(33(20-29)36(40)45-24-28-12-8-5-9-13-28)32-17-15-30(44-23-27-10-6-4-7-11-27)21-34(32)37(41)46-25-43-19-18-42-3/h4-17,20-21,26H,18-19,22-25H2,1-3H3,(H,38,39). The summed E-state index contributed by atoms with van der Waals surface area (Å²) >= 11 is 0. The Morgan fingerprint density at radius 3 is 1.96 bits per heavy atom. The second-order valence-corrected chi connectivity index (χ2v) is 10.9. The lowest BCUT2D eigenvalue weighted by Gasteiger charge is -2.17. The molecule has 0 aliphatic carbocycles. The first kappa shape index (κ1) is 33.9. The fraction of sp³-hybridized carbons (Fsp3) is 0.270. The normalized spacial score (nSPS) is 10.8. The summed E-state index contributed by atoms with van der Waals surface area (Å²) < 4.78 is 27.4. The summed E-state index contributed by atoms with van der Waals surface area (Å²) in [6.45, 7) is 5.07. The third kappa shape index (κ3) is 10.0. The zero-order valence-corrected chi connectivity index (χ0v) is 26.3. The van der Waals surface area contributed by atoms with Gasteiger partial charge in [0.25, 0.3) is 5.91 Å². The van der Waals surface area contributed by atoms with E-state index in [2.05, 4.69) is 5.32 Å². The number of ether oxygens (including phenoxy) is 5. The Bertz CT molecular complexity index is 1590. The van der Waals surface area contributed by atoms with E-state index in [-0.39, 0.29) is 55.1 Å². The average Bonchev–Trinajstić information content (AvgIpc) is 3.09. The van der Waals surface area contributed by atoms with Gasteiger partial charge >= 0.3 is 11.9 Å². The highest BCUT2D eigenvalue weighted by Crippen LogP contribution is 2.32. The molecule has 0 bridgehead atoms. The van der Waals surface area contributed by atoms with Gasteiger partial charge in [0.2, 0.25) is 0 Å². The predicted octanol–water partition coefficient (Wildman–Crippen LogP) is 6.45. The fourth-order valence-electron chi connectivity index (χ4n) is 4.42. The van der Waals surface area contributed by atoms with Crippen molar-refractivity contribution in [1.29, 1.82) is 0 Å². The van der Waals surface area contributed by atoms with Crippen LogP contribution in [0.1, 0.15) is 56.0 Å². The number of nitrogens with one attached hydrogen (secondary N) is 1. The minimum Gasteiger partial charge on any atom is -0.489 e. The first-order chi connectivity index (χ1) is 22.4. The molecule has 0 aliphatic heterocycles. The van der Waals surface area contributed by atoms with E-state index in [1.165, 1.54) is 6.07 Å². The minimum atomic E-state index is -0.681. The number of hydrogen-bond acceptors (Lipinski definition) is 8. The smallest absolute Gasteiger partial charge is 0.341 e. The van der Waals surface area contributed by atoms with E-state index in [0.29, 0.717) is 30.0 Å². The van der Waals surface area contributed by atoms with Gasteiger partial charge in [-0.05, 0) is 58.5 Å². The zero-order valence-electron chi connectivity index (χ0n) is 26.3. The molecule has 46 heavy (non-hydrogen) atoms. The summed E-state index contributed by atoms with van der Waals surface area (Å²) in [6.07, 6.45) is 0. The van der Waals surface area contributed by atoms with Gasteiger partial charge in [-0.1, -0.05) is 80.6 Å². The van der Waals surface area contributed by atoms with Crippen LogP contribution in [0.2, 0.25) is 0 Å². The van der Waals surface area contributed by atoms with Gasteiger partial charge in [0.1, 0.15) is 19.0 Å². The topological polar surface area (TPSA) is 109 Å². The number of rotatable bonds is 16. The van der Waals surface area contributed by atoms with Crippen LogP contribution in [-0.4, -0.2) is 51.5 Å². The van der Waals surface area contributed by atoms with Gasteiger partial charge in [-0.25, -0.2) is 9.59 Å². The zero-order chi connectivity index (χ0) is 32.7. The summed E-state index contributed by atoms with van der Waals surface area (Å²) in [4.78, 5) is 40.0. The quantitative estimate of drug-likeness (QED) is 0.0860. The summed E-state index contributed by atoms with van der Waals surface area (Å²) in [6, 6.07) is 28.6. The van der Waals surface area contributed by atoms with Crippen molar-refractivity contribution < 1.29 is 38.1 Å². The highest BCUT2D eigenvalue weighted by Gasteiger charge is 2.23. The lowest BCUT2D eigenvalue weighted by atomic mass is 9.93. The molecule has 4 aromatic carbocycles. The van der Waals surface area contributed by atoms with Gasteiger partial charge in [0, 0.05) is 19.2 Å². The van der Waals surface area contributed by atoms with Crippen molar-refractivity contribution in [1.82, 2.24) is 5.32 Å². The van der Waals surface area contributed by atoms with Gasteiger partial charge < -0.3 is 29.0 Å². The van der Waals surface area contributed by atoms with Crippen molar-refractivity contribution in [3.8, 4) is 16.9 Å². The molecule has 0 saturated heterocycles. The van der Waals surface area contributed by atoms with Crippen LogP contribution in [0.5, 0.6) is 5.75 Å². The van der Waals surface area contributed by atoms with Crippen molar-refractivity contribution in [2.45, 2.75) is 27.1 Å². The second kappa shape index (κ2) is 17.5. The highest BCUT2D eigenvalue weighted by atomic mass is 16.7. The summed E-state index contributed by atoms with van der Waals surface area (Å²) in [5.41, 5.74) is 3.11. The van der Waals surface area contributed by atoms with Crippen molar-refractivity contribution in [2.24, 2.45) is 5.92 Å². The molecule has 0 fully saturated rings. The molecular formula is C37H39NO8. The molecule has 1 N–H and O–H groups in total. The van der Waals surface area contributed by atoms with Crippen LogP contribution >= 0.6 is 0 Å². The van der Waals surface area contributed by atoms with Gasteiger partial charge in [0.05, 0.1) is 24.3 Å². The average molecular weight is 626 g/mol. The highest BCUT2D eigenvalue weighted by molar-refractivity contribution is 6.05. The third-order valence-electron chi connectivity index (χ3n) is 6.84. The molecule has 0 atom stereocenters. The maximum absolute atomic E-state index is 13.6. The predicted molar refractivity (Wildman–Crippen MR) is 173 cm³/mol. The molecule has 9 nitrogen and oxygen atoms in total. The maximum atomic E-state index is 13.6. The van der Waals surface area contributed by atoms with Gasteiger partial charge in [-0.15, -0.1) is 0 Å². The summed E-state index contributed by atoms with van der Waals surface area (Å²) in [7, 11) is 1.55. The van der Waals surface area contributed by atoms with E-state index in [0.717, 1.165) is 11.1 Å². The van der Waals surface area contributed by atoms with E-state index >= 15 is 0 Å². The number of amides is 1. The Morgan fingerprint density at radius 1 is 0.696 bits per heavy atom. The molecule has 0 aromatic heterocycles. The molecular weight excluding hydrogens is 586 g/mol. The Hall–Kier alpha value is -4.99. The van der Waals surface area contributed by atoms with E-state index in [4.69, 9.17) is 23.7 Å². The Labute approximate surface area is 269 Å². The third-order valence-corrected chi connectivity index (χ3v) is 6.84. The van der Waals surface area contributed by atoms with Crippen LogP contribution in [0.4, 0.5) is 0 Å². The van der Waals surface area contributed by atoms with Crippen LogP contribution in [0.3, 0.4) is 0 Å². The fourth-order valence-corrected chi connectivity index (χ4v) is 4.42. The van der Waals surface area contributed by atoms with Crippen LogP contribution in [0.25, 0.3) is 11.1 Å². The molecule has 0 unspecified atom stereocenters. The number of carbonyl (C=O) groups is 3. The van der Waals surface area contributed by atoms with Crippen molar-refractivity contribution in [3.63, 3.8) is 0 Å². The molecule has 0 aliphatic rings. The number of hydrogen-bond donors (Lipinski definition) is 1. The number of benzene rings is 4.